The van der Waals surface area contributed by atoms with Gasteiger partial charge < -0.3 is 16.2 Å². The molecule has 0 spiro atoms. The Bertz CT molecular complexity index is 191. The van der Waals surface area contributed by atoms with Crippen LogP contribution in [-0.4, -0.2) is 29.7 Å². The van der Waals surface area contributed by atoms with Gasteiger partial charge in [0.1, 0.15) is 0 Å². The summed E-state index contributed by atoms with van der Waals surface area (Å²) in [5, 5.41) is 13.1. The topological polar surface area (TPSA) is 75.3 Å². The van der Waals surface area contributed by atoms with Crippen molar-refractivity contribution in [3.8, 4) is 0 Å². The van der Waals surface area contributed by atoms with Gasteiger partial charge in [-0.15, -0.1) is 0 Å². The third kappa shape index (κ3) is 7.33. The van der Waals surface area contributed by atoms with E-state index in [1.807, 2.05) is 20.8 Å². The Kier molecular flexibility index (Phi) is 6.52. The van der Waals surface area contributed by atoms with Gasteiger partial charge in [-0.05, 0) is 32.2 Å². The van der Waals surface area contributed by atoms with E-state index in [1.165, 1.54) is 0 Å². The molecule has 0 aromatic rings. The molecule has 0 saturated heterocycles. The van der Waals surface area contributed by atoms with Gasteiger partial charge in [0.25, 0.3) is 0 Å². The highest BCUT2D eigenvalue weighted by molar-refractivity contribution is 5.73. The zero-order valence-electron chi connectivity index (χ0n) is 10.0. The number of carbonyl (C=O) groups excluding carboxylic acids is 1. The SMILES string of the molecule is CC(C)C(C)(O)CNCCCCC(N)=O. The van der Waals surface area contributed by atoms with Gasteiger partial charge in [0.2, 0.25) is 5.91 Å². The summed E-state index contributed by atoms with van der Waals surface area (Å²) in [7, 11) is 0. The molecule has 0 aromatic carbocycles. The van der Waals surface area contributed by atoms with Crippen molar-refractivity contribution < 1.29 is 9.90 Å². The highest BCUT2D eigenvalue weighted by atomic mass is 16.3. The monoisotopic (exact) mass is 216 g/mol. The molecule has 0 aliphatic heterocycles. The van der Waals surface area contributed by atoms with E-state index in [2.05, 4.69) is 5.32 Å². The van der Waals surface area contributed by atoms with Crippen molar-refractivity contribution in [1.82, 2.24) is 5.32 Å². The molecule has 4 heteroatoms. The van der Waals surface area contributed by atoms with E-state index in [4.69, 9.17) is 5.73 Å². The quantitative estimate of drug-likeness (QED) is 0.521. The molecule has 1 unspecified atom stereocenters. The van der Waals surface area contributed by atoms with Crippen molar-refractivity contribution in [2.75, 3.05) is 13.1 Å². The van der Waals surface area contributed by atoms with E-state index in [-0.39, 0.29) is 11.8 Å². The Balaban J connectivity index is 3.42. The first-order valence-corrected chi connectivity index (χ1v) is 5.57. The lowest BCUT2D eigenvalue weighted by Gasteiger charge is -2.27. The molecule has 1 atom stereocenters. The van der Waals surface area contributed by atoms with E-state index >= 15 is 0 Å². The minimum atomic E-state index is -0.663. The fourth-order valence-corrected chi connectivity index (χ4v) is 1.09. The second-order valence-electron chi connectivity index (χ2n) is 4.61. The lowest BCUT2D eigenvalue weighted by atomic mass is 9.92. The molecule has 0 fully saturated rings. The average molecular weight is 216 g/mol. The Hall–Kier alpha value is -0.610. The van der Waals surface area contributed by atoms with Gasteiger partial charge in [-0.2, -0.15) is 0 Å². The second-order valence-corrected chi connectivity index (χ2v) is 4.61. The van der Waals surface area contributed by atoms with Gasteiger partial charge in [-0.25, -0.2) is 0 Å². The lowest BCUT2D eigenvalue weighted by Crippen LogP contribution is -2.42. The minimum absolute atomic E-state index is 0.232. The summed E-state index contributed by atoms with van der Waals surface area (Å²) >= 11 is 0. The minimum Gasteiger partial charge on any atom is -0.389 e. The van der Waals surface area contributed by atoms with Gasteiger partial charge >= 0.3 is 0 Å². The Morgan fingerprint density at radius 3 is 2.53 bits per heavy atom. The molecule has 1 amide bonds. The van der Waals surface area contributed by atoms with Crippen LogP contribution in [0.15, 0.2) is 0 Å². The zero-order valence-corrected chi connectivity index (χ0v) is 10.0. The maximum atomic E-state index is 10.4. The van der Waals surface area contributed by atoms with E-state index in [1.54, 1.807) is 0 Å². The van der Waals surface area contributed by atoms with Crippen molar-refractivity contribution in [3.63, 3.8) is 0 Å². The highest BCUT2D eigenvalue weighted by Crippen LogP contribution is 2.14. The van der Waals surface area contributed by atoms with Crippen molar-refractivity contribution in [2.24, 2.45) is 11.7 Å². The first-order valence-electron chi connectivity index (χ1n) is 5.57. The second kappa shape index (κ2) is 6.80. The van der Waals surface area contributed by atoms with Crippen LogP contribution in [0.1, 0.15) is 40.0 Å². The number of carbonyl (C=O) groups is 1. The maximum Gasteiger partial charge on any atom is 0.217 e. The molecule has 0 aromatic heterocycles. The number of primary amides is 1. The molecule has 0 aliphatic rings. The fraction of sp³-hybridized carbons (Fsp3) is 0.909. The Morgan fingerprint density at radius 2 is 2.07 bits per heavy atom. The van der Waals surface area contributed by atoms with Crippen LogP contribution in [0.5, 0.6) is 0 Å². The molecule has 0 rings (SSSR count). The van der Waals surface area contributed by atoms with Gasteiger partial charge in [0.05, 0.1) is 5.60 Å². The number of hydrogen-bond donors (Lipinski definition) is 3. The van der Waals surface area contributed by atoms with Crippen LogP contribution >= 0.6 is 0 Å². The molecule has 0 saturated carbocycles. The normalized spacial score (nSPS) is 15.3. The number of amides is 1. The van der Waals surface area contributed by atoms with Crippen molar-refractivity contribution in [2.45, 2.75) is 45.6 Å². The van der Waals surface area contributed by atoms with Crippen LogP contribution in [0.2, 0.25) is 0 Å². The van der Waals surface area contributed by atoms with Crippen molar-refractivity contribution in [3.05, 3.63) is 0 Å². The molecule has 0 bridgehead atoms. The van der Waals surface area contributed by atoms with Crippen LogP contribution in [0.3, 0.4) is 0 Å². The Morgan fingerprint density at radius 1 is 1.47 bits per heavy atom. The third-order valence-electron chi connectivity index (χ3n) is 2.75. The van der Waals surface area contributed by atoms with Crippen LogP contribution in [-0.2, 0) is 4.79 Å². The highest BCUT2D eigenvalue weighted by Gasteiger charge is 2.23. The summed E-state index contributed by atoms with van der Waals surface area (Å²) in [4.78, 5) is 10.4. The summed E-state index contributed by atoms with van der Waals surface area (Å²) in [6.07, 6.45) is 2.17. The number of hydrogen-bond acceptors (Lipinski definition) is 3. The summed E-state index contributed by atoms with van der Waals surface area (Å²) in [6.45, 7) is 7.22. The predicted molar refractivity (Wildman–Crippen MR) is 61.4 cm³/mol. The van der Waals surface area contributed by atoms with Gasteiger partial charge in [0, 0.05) is 13.0 Å². The molecule has 0 aliphatic carbocycles. The number of rotatable bonds is 8. The standard InChI is InChI=1S/C11H24N2O2/c1-9(2)11(3,15)8-13-7-5-4-6-10(12)14/h9,13,15H,4-8H2,1-3H3,(H2,12,14). The van der Waals surface area contributed by atoms with Crippen LogP contribution in [0.4, 0.5) is 0 Å². The maximum absolute atomic E-state index is 10.4. The average Bonchev–Trinajstić information content (AvgIpc) is 2.10. The summed E-state index contributed by atoms with van der Waals surface area (Å²) in [5.74, 6) is -0.0141. The third-order valence-corrected chi connectivity index (χ3v) is 2.75. The number of unbranched alkanes of at least 4 members (excludes halogenated alkanes) is 1. The number of nitrogens with one attached hydrogen (secondary N) is 1. The first kappa shape index (κ1) is 14.4. The van der Waals surface area contributed by atoms with Gasteiger partial charge in [-0.1, -0.05) is 13.8 Å². The van der Waals surface area contributed by atoms with Crippen LogP contribution in [0, 0.1) is 5.92 Å². The smallest absolute Gasteiger partial charge is 0.217 e. The summed E-state index contributed by atoms with van der Waals surface area (Å²) in [5.41, 5.74) is 4.35. The van der Waals surface area contributed by atoms with Gasteiger partial charge in [0.15, 0.2) is 0 Å². The fourth-order valence-electron chi connectivity index (χ4n) is 1.09. The molecule has 4 N–H and O–H groups in total. The van der Waals surface area contributed by atoms with E-state index in [0.29, 0.717) is 13.0 Å². The molecule has 90 valence electrons. The molecular formula is C11H24N2O2. The summed E-state index contributed by atoms with van der Waals surface area (Å²) in [6, 6.07) is 0. The molecule has 0 heterocycles. The number of nitrogens with two attached hydrogens (primary N) is 1. The van der Waals surface area contributed by atoms with E-state index in [0.717, 1.165) is 19.4 Å². The largest absolute Gasteiger partial charge is 0.389 e. The summed E-state index contributed by atoms with van der Waals surface area (Å²) < 4.78 is 0. The van der Waals surface area contributed by atoms with Crippen molar-refractivity contribution >= 4 is 5.91 Å². The first-order chi connectivity index (χ1) is 6.86. The molecule has 0 radical (unpaired) electrons. The lowest BCUT2D eigenvalue weighted by molar-refractivity contribution is -0.118. The van der Waals surface area contributed by atoms with Gasteiger partial charge in [-0.3, -0.25) is 4.79 Å². The molecular weight excluding hydrogens is 192 g/mol. The Labute approximate surface area is 92.2 Å². The zero-order chi connectivity index (χ0) is 11.9. The van der Waals surface area contributed by atoms with E-state index < -0.39 is 5.60 Å². The molecule has 4 nitrogen and oxygen atoms in total. The van der Waals surface area contributed by atoms with E-state index in [9.17, 15) is 9.90 Å². The number of aliphatic hydroxyl groups is 1. The predicted octanol–water partition coefficient (Wildman–Crippen LogP) is 0.639. The van der Waals surface area contributed by atoms with Crippen molar-refractivity contribution in [1.29, 1.82) is 0 Å². The van der Waals surface area contributed by atoms with Crippen LogP contribution < -0.4 is 11.1 Å². The molecule has 15 heavy (non-hydrogen) atoms. The van der Waals surface area contributed by atoms with Crippen LogP contribution in [0.25, 0.3) is 0 Å².